The summed E-state index contributed by atoms with van der Waals surface area (Å²) in [6, 6.07) is 0. The summed E-state index contributed by atoms with van der Waals surface area (Å²) < 4.78 is 5.75. The summed E-state index contributed by atoms with van der Waals surface area (Å²) in [5.41, 5.74) is 9.19. The summed E-state index contributed by atoms with van der Waals surface area (Å²) in [4.78, 5) is 2.85. The molecule has 0 N–H and O–H groups in total. The smallest absolute Gasteiger partial charge is 0.0688 e. The summed E-state index contributed by atoms with van der Waals surface area (Å²) in [6.45, 7) is 6.04. The number of hydrogen-bond donors (Lipinski definition) is 0. The van der Waals surface area contributed by atoms with Gasteiger partial charge in [0.1, 0.15) is 0 Å². The monoisotopic (exact) mass is 223 g/mol. The third-order valence-electron chi connectivity index (χ3n) is 4.51. The third-order valence-corrected chi connectivity index (χ3v) is 4.51. The van der Waals surface area contributed by atoms with Crippen LogP contribution >= 0.6 is 0 Å². The number of azide groups is 1. The number of rotatable bonds is 2. The van der Waals surface area contributed by atoms with Crippen LogP contribution in [0.4, 0.5) is 0 Å². The molecule has 90 valence electrons. The van der Waals surface area contributed by atoms with Gasteiger partial charge in [0.15, 0.2) is 0 Å². The Morgan fingerprint density at radius 2 is 1.94 bits per heavy atom. The van der Waals surface area contributed by atoms with Crippen molar-refractivity contribution in [1.82, 2.24) is 0 Å². The Hall–Kier alpha value is -0.730. The van der Waals surface area contributed by atoms with Crippen LogP contribution < -0.4 is 0 Å². The third kappa shape index (κ3) is 2.18. The van der Waals surface area contributed by atoms with Crippen LogP contribution in [0.3, 0.4) is 0 Å². The van der Waals surface area contributed by atoms with E-state index in [9.17, 15) is 0 Å². The van der Waals surface area contributed by atoms with Gasteiger partial charge in [-0.3, -0.25) is 0 Å². The number of ether oxygens (including phenoxy) is 1. The fourth-order valence-electron chi connectivity index (χ4n) is 3.10. The maximum absolute atomic E-state index is 8.40. The lowest BCUT2D eigenvalue weighted by atomic mass is 9.62. The number of nitrogens with zero attached hydrogens (tertiary/aromatic N) is 3. The molecule has 0 amide bonds. The van der Waals surface area contributed by atoms with Gasteiger partial charge in [-0.2, -0.15) is 0 Å². The van der Waals surface area contributed by atoms with E-state index in [0.29, 0.717) is 17.4 Å². The van der Waals surface area contributed by atoms with Crippen LogP contribution in [0.1, 0.15) is 46.0 Å². The van der Waals surface area contributed by atoms with Crippen LogP contribution in [-0.2, 0) is 4.74 Å². The van der Waals surface area contributed by atoms with Gasteiger partial charge in [-0.25, -0.2) is 0 Å². The lowest BCUT2D eigenvalue weighted by molar-refractivity contribution is 0.0116. The van der Waals surface area contributed by atoms with Crippen LogP contribution in [0.15, 0.2) is 5.11 Å². The van der Waals surface area contributed by atoms with Crippen LogP contribution in [0.25, 0.3) is 10.4 Å². The minimum atomic E-state index is 0.166. The van der Waals surface area contributed by atoms with Crippen molar-refractivity contribution in [3.63, 3.8) is 0 Å². The fraction of sp³-hybridized carbons (Fsp3) is 1.00. The Morgan fingerprint density at radius 3 is 2.56 bits per heavy atom. The highest BCUT2D eigenvalue weighted by molar-refractivity contribution is 4.97. The fourth-order valence-corrected chi connectivity index (χ4v) is 3.10. The Kier molecular flexibility index (Phi) is 3.13. The van der Waals surface area contributed by atoms with Crippen molar-refractivity contribution in [3.05, 3.63) is 10.4 Å². The molecule has 1 aliphatic carbocycles. The van der Waals surface area contributed by atoms with Gasteiger partial charge in [0.25, 0.3) is 0 Å². The van der Waals surface area contributed by atoms with Gasteiger partial charge in [-0.15, -0.1) is 0 Å². The normalized spacial score (nSPS) is 31.2. The zero-order chi connectivity index (χ0) is 11.6. The Morgan fingerprint density at radius 1 is 1.25 bits per heavy atom. The maximum atomic E-state index is 8.40. The van der Waals surface area contributed by atoms with E-state index in [0.717, 1.165) is 13.0 Å². The summed E-state index contributed by atoms with van der Waals surface area (Å²) in [5.74, 6) is 0. The first kappa shape index (κ1) is 11.7. The molecule has 2 fully saturated rings. The molecule has 0 radical (unpaired) electrons. The first-order valence-electron chi connectivity index (χ1n) is 6.21. The van der Waals surface area contributed by atoms with Crippen molar-refractivity contribution in [2.24, 2.45) is 15.9 Å². The second-order valence-corrected chi connectivity index (χ2v) is 6.05. The highest BCUT2D eigenvalue weighted by atomic mass is 16.5. The molecule has 0 bridgehead atoms. The predicted octanol–water partition coefficient (Wildman–Crippen LogP) is 3.67. The van der Waals surface area contributed by atoms with Gasteiger partial charge in [0.05, 0.1) is 12.6 Å². The SMILES string of the molecule is CC1(C)CCC2(CCOC2CN=[N+]=[N-])CC1. The van der Waals surface area contributed by atoms with Crippen LogP contribution in [0, 0.1) is 10.8 Å². The molecule has 0 aromatic carbocycles. The molecule has 0 aromatic rings. The summed E-state index contributed by atoms with van der Waals surface area (Å²) in [5, 5.41) is 3.70. The molecular weight excluding hydrogens is 202 g/mol. The Labute approximate surface area is 97.0 Å². The van der Waals surface area contributed by atoms with Gasteiger partial charge in [0, 0.05) is 11.5 Å². The average Bonchev–Trinajstić information content (AvgIpc) is 2.64. The van der Waals surface area contributed by atoms with E-state index in [4.69, 9.17) is 10.3 Å². The molecule has 1 saturated carbocycles. The lowest BCUT2D eigenvalue weighted by Crippen LogP contribution is -2.39. The second-order valence-electron chi connectivity index (χ2n) is 6.05. The molecule has 0 aromatic heterocycles. The summed E-state index contributed by atoms with van der Waals surface area (Å²) in [6.07, 6.45) is 6.30. The first-order valence-corrected chi connectivity index (χ1v) is 6.21. The standard InChI is InChI=1S/C12H21N3O/c1-11(2)3-5-12(6-4-11)7-8-16-10(12)9-14-15-13/h10H,3-9H2,1-2H3. The minimum absolute atomic E-state index is 0.166. The molecule has 1 spiro atoms. The van der Waals surface area contributed by atoms with E-state index in [2.05, 4.69) is 23.9 Å². The molecule has 1 heterocycles. The molecule has 4 heteroatoms. The Bertz CT molecular complexity index is 297. The average molecular weight is 223 g/mol. The van der Waals surface area contributed by atoms with Gasteiger partial charge >= 0.3 is 0 Å². The largest absolute Gasteiger partial charge is 0.377 e. The van der Waals surface area contributed by atoms with Gasteiger partial charge in [0.2, 0.25) is 0 Å². The summed E-state index contributed by atoms with van der Waals surface area (Å²) >= 11 is 0. The molecule has 1 saturated heterocycles. The Balaban J connectivity index is 2.04. The zero-order valence-corrected chi connectivity index (χ0v) is 10.3. The van der Waals surface area contributed by atoms with Crippen molar-refractivity contribution < 1.29 is 4.74 Å². The van der Waals surface area contributed by atoms with E-state index in [1.165, 1.54) is 25.7 Å². The molecule has 16 heavy (non-hydrogen) atoms. The van der Waals surface area contributed by atoms with E-state index in [1.807, 2.05) is 0 Å². The first-order chi connectivity index (χ1) is 7.58. The molecule has 1 atom stereocenters. The van der Waals surface area contributed by atoms with Crippen LogP contribution in [0.5, 0.6) is 0 Å². The maximum Gasteiger partial charge on any atom is 0.0688 e. The molecule has 1 aliphatic heterocycles. The molecule has 2 aliphatic rings. The van der Waals surface area contributed by atoms with E-state index in [-0.39, 0.29) is 6.10 Å². The second kappa shape index (κ2) is 4.27. The van der Waals surface area contributed by atoms with E-state index >= 15 is 0 Å². The van der Waals surface area contributed by atoms with Gasteiger partial charge < -0.3 is 4.74 Å². The van der Waals surface area contributed by atoms with Gasteiger partial charge in [-0.1, -0.05) is 19.0 Å². The van der Waals surface area contributed by atoms with Crippen molar-refractivity contribution in [3.8, 4) is 0 Å². The predicted molar refractivity (Wildman–Crippen MR) is 63.1 cm³/mol. The molecule has 4 nitrogen and oxygen atoms in total. The van der Waals surface area contributed by atoms with E-state index in [1.54, 1.807) is 0 Å². The lowest BCUT2D eigenvalue weighted by Gasteiger charge is -2.43. The van der Waals surface area contributed by atoms with Crippen molar-refractivity contribution in [2.45, 2.75) is 52.1 Å². The van der Waals surface area contributed by atoms with Crippen molar-refractivity contribution >= 4 is 0 Å². The number of hydrogen-bond acceptors (Lipinski definition) is 2. The minimum Gasteiger partial charge on any atom is -0.377 e. The van der Waals surface area contributed by atoms with Crippen molar-refractivity contribution in [2.75, 3.05) is 13.2 Å². The topological polar surface area (TPSA) is 58.0 Å². The molecular formula is C12H21N3O. The molecule has 1 unspecified atom stereocenters. The van der Waals surface area contributed by atoms with Crippen molar-refractivity contribution in [1.29, 1.82) is 0 Å². The summed E-state index contributed by atoms with van der Waals surface area (Å²) in [7, 11) is 0. The highest BCUT2D eigenvalue weighted by Crippen LogP contribution is 2.52. The highest BCUT2D eigenvalue weighted by Gasteiger charge is 2.47. The zero-order valence-electron chi connectivity index (χ0n) is 10.3. The van der Waals surface area contributed by atoms with Gasteiger partial charge in [-0.05, 0) is 48.5 Å². The van der Waals surface area contributed by atoms with E-state index < -0.39 is 0 Å². The molecule has 2 rings (SSSR count). The van der Waals surface area contributed by atoms with Crippen LogP contribution in [0.2, 0.25) is 0 Å². The quantitative estimate of drug-likeness (QED) is 0.400. The van der Waals surface area contributed by atoms with Crippen LogP contribution in [-0.4, -0.2) is 19.3 Å².